The number of aliphatic hydroxyl groups excluding tert-OH is 1. The van der Waals surface area contributed by atoms with Crippen molar-refractivity contribution in [2.75, 3.05) is 13.2 Å². The Hall–Kier alpha value is -0.930. The van der Waals surface area contributed by atoms with Crippen LogP contribution in [0.1, 0.15) is 31.5 Å². The fourth-order valence-corrected chi connectivity index (χ4v) is 2.62. The zero-order valence-corrected chi connectivity index (χ0v) is 11.3. The van der Waals surface area contributed by atoms with Gasteiger partial charge in [-0.05, 0) is 36.3 Å². The molecule has 1 aliphatic heterocycles. The molecule has 18 heavy (non-hydrogen) atoms. The first-order chi connectivity index (χ1) is 8.70. The van der Waals surface area contributed by atoms with Crippen molar-refractivity contribution in [3.63, 3.8) is 0 Å². The van der Waals surface area contributed by atoms with Crippen LogP contribution in [0.2, 0.25) is 0 Å². The van der Waals surface area contributed by atoms with Crippen molar-refractivity contribution < 1.29 is 9.84 Å². The lowest BCUT2D eigenvalue weighted by atomic mass is 9.83. The number of aryl methyl sites for hydroxylation is 1. The van der Waals surface area contributed by atoms with Gasteiger partial charge in [0.2, 0.25) is 0 Å². The Morgan fingerprint density at radius 2 is 2.33 bits per heavy atom. The molecule has 3 nitrogen and oxygen atoms in total. The molecular weight excluding hydrogens is 226 g/mol. The number of ether oxygens (including phenoxy) is 1. The number of pyridine rings is 1. The minimum Gasteiger partial charge on any atom is -0.392 e. The van der Waals surface area contributed by atoms with Gasteiger partial charge in [0.1, 0.15) is 0 Å². The molecule has 0 saturated carbocycles. The summed E-state index contributed by atoms with van der Waals surface area (Å²) in [6.45, 7) is 5.81. The molecule has 2 heterocycles. The van der Waals surface area contributed by atoms with Gasteiger partial charge in [0, 0.05) is 31.5 Å². The summed E-state index contributed by atoms with van der Waals surface area (Å²) in [4.78, 5) is 4.42. The molecule has 0 aliphatic carbocycles. The summed E-state index contributed by atoms with van der Waals surface area (Å²) in [5.41, 5.74) is 2.23. The van der Waals surface area contributed by atoms with Gasteiger partial charge in [-0.3, -0.25) is 4.98 Å². The normalized spacial score (nSPS) is 25.9. The van der Waals surface area contributed by atoms with Crippen LogP contribution < -0.4 is 0 Å². The maximum Gasteiger partial charge on any atom is 0.0628 e. The highest BCUT2D eigenvalue weighted by Crippen LogP contribution is 2.26. The Morgan fingerprint density at radius 3 is 2.94 bits per heavy atom. The average Bonchev–Trinajstić information content (AvgIpc) is 2.40. The molecule has 0 bridgehead atoms. The van der Waals surface area contributed by atoms with E-state index in [-0.39, 0.29) is 6.10 Å². The molecule has 2 rings (SSSR count). The maximum atomic E-state index is 10.3. The third-order valence-corrected chi connectivity index (χ3v) is 3.91. The molecule has 1 N–H and O–H groups in total. The van der Waals surface area contributed by atoms with E-state index in [0.717, 1.165) is 31.7 Å². The van der Waals surface area contributed by atoms with Crippen LogP contribution in [-0.2, 0) is 17.6 Å². The van der Waals surface area contributed by atoms with E-state index >= 15 is 0 Å². The molecule has 0 spiro atoms. The summed E-state index contributed by atoms with van der Waals surface area (Å²) >= 11 is 0. The maximum absolute atomic E-state index is 10.3. The third-order valence-electron chi connectivity index (χ3n) is 3.91. The highest BCUT2D eigenvalue weighted by Gasteiger charge is 2.28. The summed E-state index contributed by atoms with van der Waals surface area (Å²) in [6, 6.07) is 4.13. The van der Waals surface area contributed by atoms with Crippen molar-refractivity contribution >= 4 is 0 Å². The minimum atomic E-state index is -0.302. The Balaban J connectivity index is 1.94. The number of hydrogen-bond donors (Lipinski definition) is 1. The molecule has 1 fully saturated rings. The van der Waals surface area contributed by atoms with Crippen LogP contribution in [0.4, 0.5) is 0 Å². The van der Waals surface area contributed by atoms with E-state index in [1.807, 2.05) is 12.3 Å². The van der Waals surface area contributed by atoms with E-state index in [9.17, 15) is 5.11 Å². The molecule has 0 aromatic carbocycles. The summed E-state index contributed by atoms with van der Waals surface area (Å²) in [5, 5.41) is 10.3. The topological polar surface area (TPSA) is 42.4 Å². The molecule has 3 heteroatoms. The zero-order valence-electron chi connectivity index (χ0n) is 11.3. The third kappa shape index (κ3) is 3.30. The number of hydrogen-bond acceptors (Lipinski definition) is 3. The lowest BCUT2D eigenvalue weighted by Gasteiger charge is -2.32. The molecule has 1 aromatic rings. The van der Waals surface area contributed by atoms with Crippen molar-refractivity contribution in [3.05, 3.63) is 29.6 Å². The van der Waals surface area contributed by atoms with Crippen molar-refractivity contribution in [3.8, 4) is 0 Å². The van der Waals surface area contributed by atoms with E-state index < -0.39 is 0 Å². The molecule has 0 amide bonds. The van der Waals surface area contributed by atoms with E-state index in [2.05, 4.69) is 24.9 Å². The van der Waals surface area contributed by atoms with Crippen LogP contribution in [0.5, 0.6) is 0 Å². The van der Waals surface area contributed by atoms with E-state index in [0.29, 0.717) is 18.3 Å². The van der Waals surface area contributed by atoms with Gasteiger partial charge in [0.15, 0.2) is 0 Å². The van der Waals surface area contributed by atoms with Gasteiger partial charge < -0.3 is 9.84 Å². The van der Waals surface area contributed by atoms with Gasteiger partial charge >= 0.3 is 0 Å². The second-order valence-electron chi connectivity index (χ2n) is 5.29. The molecule has 3 unspecified atom stereocenters. The standard InChI is InChI=1S/C15H23NO2/c1-3-12-4-5-13(16-9-12)8-15(17)14-6-7-18-10-11(14)2/h4-5,9,11,14-15,17H,3,6-8,10H2,1-2H3. The van der Waals surface area contributed by atoms with Crippen LogP contribution >= 0.6 is 0 Å². The fourth-order valence-electron chi connectivity index (χ4n) is 2.62. The van der Waals surface area contributed by atoms with Crippen molar-refractivity contribution in [1.82, 2.24) is 4.98 Å². The van der Waals surface area contributed by atoms with Crippen molar-refractivity contribution in [2.24, 2.45) is 11.8 Å². The molecule has 3 atom stereocenters. The highest BCUT2D eigenvalue weighted by molar-refractivity contribution is 5.14. The molecule has 1 aromatic heterocycles. The Labute approximate surface area is 109 Å². The van der Waals surface area contributed by atoms with Crippen LogP contribution in [0, 0.1) is 11.8 Å². The summed E-state index contributed by atoms with van der Waals surface area (Å²) in [7, 11) is 0. The number of nitrogens with zero attached hydrogens (tertiary/aromatic N) is 1. The predicted octanol–water partition coefficient (Wildman–Crippen LogP) is 2.22. The second kappa shape index (κ2) is 6.30. The smallest absolute Gasteiger partial charge is 0.0628 e. The lowest BCUT2D eigenvalue weighted by Crippen LogP contribution is -2.35. The van der Waals surface area contributed by atoms with Crippen LogP contribution in [-0.4, -0.2) is 29.4 Å². The first-order valence-electron chi connectivity index (χ1n) is 6.90. The Kier molecular flexibility index (Phi) is 4.72. The lowest BCUT2D eigenvalue weighted by molar-refractivity contribution is -0.0297. The monoisotopic (exact) mass is 249 g/mol. The summed E-state index contributed by atoms with van der Waals surface area (Å²) in [5.74, 6) is 0.773. The largest absolute Gasteiger partial charge is 0.392 e. The van der Waals surface area contributed by atoms with Gasteiger partial charge in [0.25, 0.3) is 0 Å². The van der Waals surface area contributed by atoms with Crippen LogP contribution in [0.25, 0.3) is 0 Å². The molecule has 0 radical (unpaired) electrons. The highest BCUT2D eigenvalue weighted by atomic mass is 16.5. The first kappa shape index (κ1) is 13.5. The zero-order chi connectivity index (χ0) is 13.0. The number of aliphatic hydroxyl groups is 1. The molecule has 1 aliphatic rings. The summed E-state index contributed by atoms with van der Waals surface area (Å²) < 4.78 is 5.42. The fraction of sp³-hybridized carbons (Fsp3) is 0.667. The minimum absolute atomic E-state index is 0.302. The van der Waals surface area contributed by atoms with E-state index in [1.54, 1.807) is 0 Å². The van der Waals surface area contributed by atoms with Gasteiger partial charge in [-0.25, -0.2) is 0 Å². The SMILES string of the molecule is CCc1ccc(CC(O)C2CCOCC2C)nc1. The number of rotatable bonds is 4. The first-order valence-corrected chi connectivity index (χ1v) is 6.90. The van der Waals surface area contributed by atoms with Crippen LogP contribution in [0.3, 0.4) is 0 Å². The Morgan fingerprint density at radius 1 is 1.50 bits per heavy atom. The van der Waals surface area contributed by atoms with Gasteiger partial charge in [-0.15, -0.1) is 0 Å². The van der Waals surface area contributed by atoms with Crippen LogP contribution in [0.15, 0.2) is 18.3 Å². The second-order valence-corrected chi connectivity index (χ2v) is 5.29. The van der Waals surface area contributed by atoms with E-state index in [4.69, 9.17) is 4.74 Å². The molecule has 1 saturated heterocycles. The van der Waals surface area contributed by atoms with Gasteiger partial charge in [0.05, 0.1) is 6.10 Å². The Bertz CT molecular complexity index is 363. The predicted molar refractivity (Wildman–Crippen MR) is 71.4 cm³/mol. The molecule has 100 valence electrons. The molecular formula is C15H23NO2. The summed E-state index contributed by atoms with van der Waals surface area (Å²) in [6.07, 6.45) is 4.22. The van der Waals surface area contributed by atoms with Crippen molar-refractivity contribution in [1.29, 1.82) is 0 Å². The van der Waals surface area contributed by atoms with E-state index in [1.165, 1.54) is 5.56 Å². The quantitative estimate of drug-likeness (QED) is 0.889. The van der Waals surface area contributed by atoms with Crippen molar-refractivity contribution in [2.45, 2.75) is 39.2 Å². The average molecular weight is 249 g/mol. The van der Waals surface area contributed by atoms with Gasteiger partial charge in [-0.2, -0.15) is 0 Å². The number of aromatic nitrogens is 1. The van der Waals surface area contributed by atoms with Gasteiger partial charge in [-0.1, -0.05) is 19.9 Å².